The Labute approximate surface area is 225 Å². The lowest BCUT2D eigenvalue weighted by Gasteiger charge is -2.46. The highest BCUT2D eigenvalue weighted by atomic mass is 127. The van der Waals surface area contributed by atoms with Crippen LogP contribution in [0, 0.1) is 11.8 Å². The number of fused-ring (bicyclic) bond motifs is 2. The van der Waals surface area contributed by atoms with E-state index in [4.69, 9.17) is 5.73 Å². The molecule has 0 radical (unpaired) electrons. The number of aliphatic hydroxyl groups excluding tert-OH is 1. The molecule has 0 bridgehead atoms. The molecule has 3 aromatic rings. The molecule has 3 aromatic heterocycles. The third kappa shape index (κ3) is 3.90. The summed E-state index contributed by atoms with van der Waals surface area (Å²) in [6.07, 6.45) is 5.46. The summed E-state index contributed by atoms with van der Waals surface area (Å²) in [6.45, 7) is 3.37. The van der Waals surface area contributed by atoms with E-state index in [0.29, 0.717) is 20.8 Å². The van der Waals surface area contributed by atoms with Crippen LogP contribution in [0.3, 0.4) is 0 Å². The fourth-order valence-electron chi connectivity index (χ4n) is 5.00. The highest BCUT2D eigenvalue weighted by Gasteiger charge is 2.60. The van der Waals surface area contributed by atoms with E-state index in [9.17, 15) is 29.4 Å². The van der Waals surface area contributed by atoms with Crippen molar-refractivity contribution in [3.63, 3.8) is 0 Å². The van der Waals surface area contributed by atoms with Crippen LogP contribution in [0.1, 0.15) is 34.8 Å². The molecule has 36 heavy (non-hydrogen) atoms. The molecule has 2 aliphatic heterocycles. The number of thiazole rings is 1. The minimum Gasteiger partial charge on any atom is -1.00 e. The lowest BCUT2D eigenvalue weighted by Crippen LogP contribution is -3.00. The zero-order valence-corrected chi connectivity index (χ0v) is 22.1. The minimum atomic E-state index is -1.22. The van der Waals surface area contributed by atoms with Crippen molar-refractivity contribution in [2.24, 2.45) is 17.6 Å². The number of carbonyl (C=O) groups excluding carboxylic acids is 3. The minimum absolute atomic E-state index is 0. The van der Waals surface area contributed by atoms with E-state index in [-0.39, 0.29) is 53.6 Å². The summed E-state index contributed by atoms with van der Waals surface area (Å²) in [6, 6.07) is 2.71. The van der Waals surface area contributed by atoms with Crippen LogP contribution in [0.25, 0.3) is 10.4 Å². The molecule has 188 valence electrons. The highest BCUT2D eigenvalue weighted by Crippen LogP contribution is 2.51. The van der Waals surface area contributed by atoms with Crippen molar-refractivity contribution in [2.75, 3.05) is 0 Å². The molecule has 1 fully saturated rings. The number of carboxylic acids is 1. The third-order valence-corrected chi connectivity index (χ3v) is 7.70. The number of nitrogens with two attached hydrogens (primary N) is 1. The number of rotatable bonds is 7. The summed E-state index contributed by atoms with van der Waals surface area (Å²) < 4.78 is 3.21. The number of primary amides is 1. The molecule has 2 amide bonds. The number of imidazole rings is 1. The average molecular weight is 623 g/mol. The molecule has 0 unspecified atom stereocenters. The Kier molecular flexibility index (Phi) is 6.74. The number of carboxylic acid groups (broad SMARTS) is 1. The molecule has 4 N–H and O–H groups in total. The monoisotopic (exact) mass is 623 g/mol. The molecule has 0 aromatic carbocycles. The topological polar surface area (TPSA) is 159 Å². The summed E-state index contributed by atoms with van der Waals surface area (Å²) in [5, 5.41) is 20.0. The van der Waals surface area contributed by atoms with Gasteiger partial charge in [0.1, 0.15) is 22.5 Å². The first-order chi connectivity index (χ1) is 16.6. The first-order valence-corrected chi connectivity index (χ1v) is 11.7. The van der Waals surface area contributed by atoms with Crippen molar-refractivity contribution in [3.8, 4) is 0 Å². The van der Waals surface area contributed by atoms with Crippen LogP contribution in [0.2, 0.25) is 0 Å². The zero-order chi connectivity index (χ0) is 25.2. The lowest BCUT2D eigenvalue weighted by atomic mass is 9.77. The number of β-lactam (4-membered cyclic amide) rings is 1. The van der Waals surface area contributed by atoms with Gasteiger partial charge in [0.2, 0.25) is 18.2 Å². The fraction of sp³-hybridized carbons (Fsp3) is 0.304. The summed E-state index contributed by atoms with van der Waals surface area (Å²) in [4.78, 5) is 55.6. The van der Waals surface area contributed by atoms with E-state index in [1.54, 1.807) is 39.7 Å². The number of aliphatic carboxylic acids is 1. The maximum Gasteiger partial charge on any atom is 0.352 e. The number of aliphatic hydroxyl groups is 1. The Morgan fingerprint density at radius 3 is 2.53 bits per heavy atom. The first kappa shape index (κ1) is 25.9. The number of hydrogen-bond acceptors (Lipinski definition) is 7. The molecule has 5 rings (SSSR count). The van der Waals surface area contributed by atoms with Gasteiger partial charge in [-0.05, 0) is 6.92 Å². The Morgan fingerprint density at radius 2 is 1.94 bits per heavy atom. The Balaban J connectivity index is 0.00000304. The predicted octanol–water partition coefficient (Wildman–Crippen LogP) is -2.94. The molecule has 11 nitrogen and oxygen atoms in total. The average Bonchev–Trinajstić information content (AvgIpc) is 3.43. The van der Waals surface area contributed by atoms with Crippen molar-refractivity contribution in [2.45, 2.75) is 32.5 Å². The van der Waals surface area contributed by atoms with Crippen LogP contribution in [0.5, 0.6) is 0 Å². The molecule has 13 heteroatoms. The first-order valence-electron chi connectivity index (χ1n) is 10.9. The second-order valence-corrected chi connectivity index (χ2v) is 9.81. The highest BCUT2D eigenvalue weighted by molar-refractivity contribution is 7.18. The lowest BCUT2D eigenvalue weighted by molar-refractivity contribution is -0.684. The van der Waals surface area contributed by atoms with Crippen molar-refractivity contribution in [1.29, 1.82) is 0 Å². The van der Waals surface area contributed by atoms with Crippen LogP contribution in [-0.2, 0) is 20.9 Å². The van der Waals surface area contributed by atoms with Gasteiger partial charge in [0, 0.05) is 35.4 Å². The standard InChI is InChI=1S/C23H21N5O6S.HI/c1-10-15(19(23(33)34)28-18(10)16(11(2)29)21(28)32)13-7-27-9-25-17(22(27)35-13)20(31)12-3-5-26(6-4-12)8-14(24)30;/h3-7,9-11,16,18,29H,8H2,1-2H3,(H2-,24,30,33,34);1H/t10-,11+,16+,18+;/m0./s1. The van der Waals surface area contributed by atoms with E-state index in [1.807, 2.05) is 6.92 Å². The van der Waals surface area contributed by atoms with Gasteiger partial charge in [-0.25, -0.2) is 9.78 Å². The van der Waals surface area contributed by atoms with Gasteiger partial charge < -0.3 is 44.8 Å². The van der Waals surface area contributed by atoms with E-state index < -0.39 is 35.8 Å². The number of amides is 2. The molecule has 5 heterocycles. The summed E-state index contributed by atoms with van der Waals surface area (Å²) in [5.41, 5.74) is 6.18. The van der Waals surface area contributed by atoms with Gasteiger partial charge in [-0.15, -0.1) is 11.3 Å². The SMILES string of the molecule is C[C@@H](O)[C@H]1C(=O)N2C(C(=O)O)=C(c3cn4cnc(C(=O)c5cc[n+](CC(N)=O)cc5)c4s3)[C@H](C)[C@H]12.[I-]. The van der Waals surface area contributed by atoms with Crippen molar-refractivity contribution in [1.82, 2.24) is 14.3 Å². The van der Waals surface area contributed by atoms with Gasteiger partial charge in [-0.1, -0.05) is 6.92 Å². The van der Waals surface area contributed by atoms with Crippen LogP contribution in [0.4, 0.5) is 0 Å². The number of nitrogens with zero attached hydrogens (tertiary/aromatic N) is 4. The van der Waals surface area contributed by atoms with E-state index in [0.717, 1.165) is 0 Å². The van der Waals surface area contributed by atoms with Gasteiger partial charge in [-0.2, -0.15) is 4.57 Å². The number of halogens is 1. The number of ketones is 1. The molecule has 0 aliphatic carbocycles. The quantitative estimate of drug-likeness (QED) is 0.110. The molecule has 0 saturated carbocycles. The third-order valence-electron chi connectivity index (χ3n) is 6.56. The van der Waals surface area contributed by atoms with Gasteiger partial charge in [0.05, 0.1) is 22.9 Å². The van der Waals surface area contributed by atoms with E-state index >= 15 is 0 Å². The Hall–Kier alpha value is -3.17. The van der Waals surface area contributed by atoms with Crippen LogP contribution in [0.15, 0.2) is 42.7 Å². The summed E-state index contributed by atoms with van der Waals surface area (Å²) in [7, 11) is 0. The molecule has 4 atom stereocenters. The number of hydrogen-bond donors (Lipinski definition) is 3. The smallest absolute Gasteiger partial charge is 0.352 e. The largest absolute Gasteiger partial charge is 1.00 e. The van der Waals surface area contributed by atoms with Crippen LogP contribution >= 0.6 is 11.3 Å². The Bertz CT molecular complexity index is 1440. The normalized spacial score (nSPS) is 21.7. The van der Waals surface area contributed by atoms with Gasteiger partial charge >= 0.3 is 5.97 Å². The maximum atomic E-state index is 13.1. The maximum absolute atomic E-state index is 13.1. The van der Waals surface area contributed by atoms with E-state index in [2.05, 4.69) is 4.98 Å². The Morgan fingerprint density at radius 1 is 1.28 bits per heavy atom. The molecule has 1 saturated heterocycles. The van der Waals surface area contributed by atoms with Crippen molar-refractivity contribution < 1.29 is 57.9 Å². The molecule has 2 aliphatic rings. The van der Waals surface area contributed by atoms with E-state index in [1.165, 1.54) is 29.5 Å². The predicted molar refractivity (Wildman–Crippen MR) is 122 cm³/mol. The number of pyridine rings is 1. The zero-order valence-electron chi connectivity index (χ0n) is 19.2. The van der Waals surface area contributed by atoms with Crippen molar-refractivity contribution in [3.05, 3.63) is 58.9 Å². The van der Waals surface area contributed by atoms with Gasteiger partial charge in [0.15, 0.2) is 12.4 Å². The summed E-state index contributed by atoms with van der Waals surface area (Å²) >= 11 is 1.22. The second kappa shape index (κ2) is 9.37. The van der Waals surface area contributed by atoms with Crippen LogP contribution in [-0.4, -0.2) is 60.2 Å². The second-order valence-electron chi connectivity index (χ2n) is 8.78. The number of aromatic nitrogens is 3. The molecule has 0 spiro atoms. The van der Waals surface area contributed by atoms with Crippen LogP contribution < -0.4 is 34.3 Å². The van der Waals surface area contributed by atoms with Crippen molar-refractivity contribution >= 4 is 45.3 Å². The number of carbonyl (C=O) groups is 4. The van der Waals surface area contributed by atoms with Gasteiger partial charge in [-0.3, -0.25) is 18.8 Å². The fourth-order valence-corrected chi connectivity index (χ4v) is 6.22. The summed E-state index contributed by atoms with van der Waals surface area (Å²) in [5.74, 6) is -3.42. The molecular weight excluding hydrogens is 601 g/mol. The molecular formula is C23H22IN5O6S. The van der Waals surface area contributed by atoms with Gasteiger partial charge in [0.25, 0.3) is 5.91 Å².